The van der Waals surface area contributed by atoms with Crippen LogP contribution in [-0.4, -0.2) is 19.2 Å². The third-order valence-corrected chi connectivity index (χ3v) is 4.65. The van der Waals surface area contributed by atoms with E-state index in [4.69, 9.17) is 4.74 Å². The van der Waals surface area contributed by atoms with E-state index in [0.29, 0.717) is 5.92 Å². The maximum Gasteiger partial charge on any atom is 0.124 e. The van der Waals surface area contributed by atoms with E-state index in [-0.39, 0.29) is 11.9 Å². The molecule has 1 aromatic rings. The number of benzene rings is 1. The smallest absolute Gasteiger partial charge is 0.124 e. The van der Waals surface area contributed by atoms with Crippen molar-refractivity contribution in [3.8, 4) is 0 Å². The van der Waals surface area contributed by atoms with Crippen molar-refractivity contribution in [2.24, 2.45) is 5.92 Å². The van der Waals surface area contributed by atoms with Crippen LogP contribution in [0.2, 0.25) is 0 Å². The van der Waals surface area contributed by atoms with Crippen molar-refractivity contribution in [3.63, 3.8) is 0 Å². The van der Waals surface area contributed by atoms with Gasteiger partial charge in [0.15, 0.2) is 0 Å². The summed E-state index contributed by atoms with van der Waals surface area (Å²) in [6.07, 6.45) is 4.98. The maximum absolute atomic E-state index is 13.2. The van der Waals surface area contributed by atoms with Crippen LogP contribution >= 0.6 is 15.9 Å². The van der Waals surface area contributed by atoms with Crippen LogP contribution in [0.3, 0.4) is 0 Å². The molecule has 1 heterocycles. The zero-order valence-corrected chi connectivity index (χ0v) is 12.5. The summed E-state index contributed by atoms with van der Waals surface area (Å²) < 4.78 is 20.0. The molecule has 1 saturated heterocycles. The quantitative estimate of drug-likeness (QED) is 0.908. The van der Waals surface area contributed by atoms with Crippen molar-refractivity contribution in [2.75, 3.05) is 13.2 Å². The van der Waals surface area contributed by atoms with Gasteiger partial charge in [-0.05, 0) is 43.4 Å². The Balaban J connectivity index is 1.74. The normalized spacial score (nSPS) is 27.5. The molecule has 2 unspecified atom stereocenters. The molecule has 1 saturated carbocycles. The number of hydrogen-bond donors (Lipinski definition) is 1. The molecule has 4 heteroatoms. The van der Waals surface area contributed by atoms with Crippen molar-refractivity contribution in [1.82, 2.24) is 5.32 Å². The molecule has 3 rings (SSSR count). The number of nitrogens with one attached hydrogen (secondary N) is 1. The Morgan fingerprint density at radius 3 is 2.89 bits per heavy atom. The van der Waals surface area contributed by atoms with Gasteiger partial charge < -0.3 is 10.1 Å². The first-order valence-corrected chi connectivity index (χ1v) is 7.83. The molecule has 2 fully saturated rings. The van der Waals surface area contributed by atoms with Crippen molar-refractivity contribution < 1.29 is 9.13 Å². The lowest BCUT2D eigenvalue weighted by atomic mass is 9.89. The Hall–Kier alpha value is -0.450. The van der Waals surface area contributed by atoms with E-state index in [9.17, 15) is 4.39 Å². The average Bonchev–Trinajstić information content (AvgIpc) is 3.21. The number of hydrogen-bond acceptors (Lipinski definition) is 2. The van der Waals surface area contributed by atoms with E-state index in [1.54, 1.807) is 0 Å². The minimum absolute atomic E-state index is 0.0787. The Morgan fingerprint density at radius 1 is 1.32 bits per heavy atom. The van der Waals surface area contributed by atoms with Crippen LogP contribution in [-0.2, 0) is 4.74 Å². The standard InChI is InChI=1S/C15H19BrFNO/c16-14-8-11(17)3-6-13(14)15-10(2-1-7-19-15)9-18-12-4-5-12/h3,6,8,10,12,15,18H,1-2,4-5,7,9H2. The number of ether oxygens (including phenoxy) is 1. The van der Waals surface area contributed by atoms with Gasteiger partial charge in [-0.1, -0.05) is 22.0 Å². The van der Waals surface area contributed by atoms with E-state index in [1.807, 2.05) is 6.07 Å². The molecule has 1 aromatic carbocycles. The Morgan fingerprint density at radius 2 is 2.16 bits per heavy atom. The fraction of sp³-hybridized carbons (Fsp3) is 0.600. The highest BCUT2D eigenvalue weighted by Crippen LogP contribution is 2.37. The second-order valence-electron chi connectivity index (χ2n) is 5.54. The van der Waals surface area contributed by atoms with E-state index in [1.165, 1.54) is 31.4 Å². The summed E-state index contributed by atoms with van der Waals surface area (Å²) in [5, 5.41) is 3.59. The molecule has 1 N–H and O–H groups in total. The molecule has 0 radical (unpaired) electrons. The van der Waals surface area contributed by atoms with Crippen LogP contribution in [0.4, 0.5) is 4.39 Å². The van der Waals surface area contributed by atoms with Crippen LogP contribution in [0.25, 0.3) is 0 Å². The van der Waals surface area contributed by atoms with Crippen LogP contribution in [0, 0.1) is 11.7 Å². The summed E-state index contributed by atoms with van der Waals surface area (Å²) in [5.41, 5.74) is 1.07. The van der Waals surface area contributed by atoms with Crippen molar-refractivity contribution in [3.05, 3.63) is 34.1 Å². The lowest BCUT2D eigenvalue weighted by Crippen LogP contribution is -2.33. The topological polar surface area (TPSA) is 21.3 Å². The summed E-state index contributed by atoms with van der Waals surface area (Å²) in [7, 11) is 0. The zero-order chi connectivity index (χ0) is 13.2. The minimum atomic E-state index is -0.209. The monoisotopic (exact) mass is 327 g/mol. The summed E-state index contributed by atoms with van der Waals surface area (Å²) in [6.45, 7) is 1.80. The van der Waals surface area contributed by atoms with E-state index < -0.39 is 0 Å². The molecule has 2 aliphatic rings. The van der Waals surface area contributed by atoms with Crippen LogP contribution in [0.5, 0.6) is 0 Å². The van der Waals surface area contributed by atoms with Gasteiger partial charge in [-0.15, -0.1) is 0 Å². The Kier molecular flexibility index (Phi) is 4.20. The molecule has 1 aliphatic heterocycles. The number of rotatable bonds is 4. The molecule has 0 amide bonds. The van der Waals surface area contributed by atoms with Gasteiger partial charge in [0.2, 0.25) is 0 Å². The van der Waals surface area contributed by atoms with Crippen molar-refractivity contribution >= 4 is 15.9 Å². The molecule has 19 heavy (non-hydrogen) atoms. The zero-order valence-electron chi connectivity index (χ0n) is 10.9. The molecule has 2 atom stereocenters. The van der Waals surface area contributed by atoms with Crippen LogP contribution in [0.15, 0.2) is 22.7 Å². The van der Waals surface area contributed by atoms with Gasteiger partial charge in [-0.25, -0.2) is 4.39 Å². The molecule has 0 spiro atoms. The summed E-state index contributed by atoms with van der Waals surface area (Å²) in [4.78, 5) is 0. The van der Waals surface area contributed by atoms with Gasteiger partial charge in [0.05, 0.1) is 6.10 Å². The summed E-state index contributed by atoms with van der Waals surface area (Å²) >= 11 is 3.46. The summed E-state index contributed by atoms with van der Waals surface area (Å²) in [5.74, 6) is 0.273. The first-order valence-electron chi connectivity index (χ1n) is 7.04. The van der Waals surface area contributed by atoms with Gasteiger partial charge in [-0.2, -0.15) is 0 Å². The molecule has 104 valence electrons. The van der Waals surface area contributed by atoms with Crippen LogP contribution < -0.4 is 5.32 Å². The molecule has 2 nitrogen and oxygen atoms in total. The largest absolute Gasteiger partial charge is 0.373 e. The molecule has 1 aliphatic carbocycles. The highest BCUT2D eigenvalue weighted by Gasteiger charge is 2.30. The predicted molar refractivity (Wildman–Crippen MR) is 76.5 cm³/mol. The van der Waals surface area contributed by atoms with E-state index in [0.717, 1.165) is 35.7 Å². The fourth-order valence-electron chi connectivity index (χ4n) is 2.73. The van der Waals surface area contributed by atoms with E-state index >= 15 is 0 Å². The van der Waals surface area contributed by atoms with Gasteiger partial charge in [-0.3, -0.25) is 0 Å². The predicted octanol–water partition coefficient (Wildman–Crippen LogP) is 3.81. The first kappa shape index (κ1) is 13.5. The fourth-order valence-corrected chi connectivity index (χ4v) is 3.31. The molecular formula is C15H19BrFNO. The van der Waals surface area contributed by atoms with Gasteiger partial charge in [0.25, 0.3) is 0 Å². The Bertz CT molecular complexity index is 450. The summed E-state index contributed by atoms with van der Waals surface area (Å²) in [6, 6.07) is 5.61. The van der Waals surface area contributed by atoms with Gasteiger partial charge in [0.1, 0.15) is 5.82 Å². The Labute approximate surface area is 121 Å². The maximum atomic E-state index is 13.2. The first-order chi connectivity index (χ1) is 9.24. The SMILES string of the molecule is Fc1ccc(C2OCCCC2CNC2CC2)c(Br)c1. The third-order valence-electron chi connectivity index (χ3n) is 3.96. The second kappa shape index (κ2) is 5.90. The third kappa shape index (κ3) is 3.36. The molecule has 0 aromatic heterocycles. The average molecular weight is 328 g/mol. The molecular weight excluding hydrogens is 309 g/mol. The van der Waals surface area contributed by atoms with Crippen LogP contribution in [0.1, 0.15) is 37.4 Å². The number of halogens is 2. The van der Waals surface area contributed by atoms with Crippen molar-refractivity contribution in [2.45, 2.75) is 37.8 Å². The second-order valence-corrected chi connectivity index (χ2v) is 6.40. The van der Waals surface area contributed by atoms with Crippen molar-refractivity contribution in [1.29, 1.82) is 0 Å². The lowest BCUT2D eigenvalue weighted by molar-refractivity contribution is -0.0283. The van der Waals surface area contributed by atoms with Gasteiger partial charge >= 0.3 is 0 Å². The highest BCUT2D eigenvalue weighted by molar-refractivity contribution is 9.10. The van der Waals surface area contributed by atoms with E-state index in [2.05, 4.69) is 21.2 Å². The van der Waals surface area contributed by atoms with Gasteiger partial charge in [0, 0.05) is 29.6 Å². The highest BCUT2D eigenvalue weighted by atomic mass is 79.9. The molecule has 0 bridgehead atoms. The minimum Gasteiger partial charge on any atom is -0.373 e. The lowest BCUT2D eigenvalue weighted by Gasteiger charge is -2.33.